The quantitative estimate of drug-likeness (QED) is 0.318. The smallest absolute Gasteiger partial charge is 0.314 e. The third kappa shape index (κ3) is 2.99. The minimum absolute atomic E-state index is 0.0577. The van der Waals surface area contributed by atoms with Crippen molar-refractivity contribution in [1.29, 1.82) is 0 Å². The van der Waals surface area contributed by atoms with Gasteiger partial charge in [0.1, 0.15) is 5.69 Å². The molecular formula is C20H18N5O2+. The summed E-state index contributed by atoms with van der Waals surface area (Å²) in [6, 6.07) is 20.4. The number of hydrogen-bond acceptors (Lipinski definition) is 4. The lowest BCUT2D eigenvalue weighted by Gasteiger charge is -2.11. The van der Waals surface area contributed by atoms with E-state index in [0.29, 0.717) is 0 Å². The molecule has 4 aromatic rings. The first-order chi connectivity index (χ1) is 13.0. The van der Waals surface area contributed by atoms with Crippen LogP contribution in [0.3, 0.4) is 0 Å². The van der Waals surface area contributed by atoms with E-state index in [0.717, 1.165) is 28.4 Å². The van der Waals surface area contributed by atoms with Crippen LogP contribution >= 0.6 is 0 Å². The van der Waals surface area contributed by atoms with Crippen molar-refractivity contribution in [3.05, 3.63) is 83.0 Å². The Bertz CT molecular complexity index is 1120. The van der Waals surface area contributed by atoms with Gasteiger partial charge in [0, 0.05) is 38.0 Å². The number of anilines is 1. The molecule has 7 nitrogen and oxygen atoms in total. The lowest BCUT2D eigenvalue weighted by Crippen LogP contribution is -2.21. The van der Waals surface area contributed by atoms with Crippen LogP contribution in [0.1, 0.15) is 0 Å². The second kappa shape index (κ2) is 6.53. The number of rotatable bonds is 4. The Balaban J connectivity index is 1.85. The molecule has 2 aromatic heterocycles. The van der Waals surface area contributed by atoms with Gasteiger partial charge >= 0.3 is 5.82 Å². The molecule has 0 spiro atoms. The van der Waals surface area contributed by atoms with Crippen LogP contribution in [-0.2, 0) is 0 Å². The van der Waals surface area contributed by atoms with E-state index in [1.165, 1.54) is 12.1 Å². The van der Waals surface area contributed by atoms with Gasteiger partial charge in [0.25, 0.3) is 11.3 Å². The molecule has 0 bridgehead atoms. The van der Waals surface area contributed by atoms with Crippen LogP contribution in [-0.4, -0.2) is 28.8 Å². The van der Waals surface area contributed by atoms with E-state index in [1.807, 2.05) is 59.9 Å². The minimum Gasteiger partial charge on any atom is -0.378 e. The fraction of sp³-hybridized carbons (Fsp3) is 0.100. The summed E-state index contributed by atoms with van der Waals surface area (Å²) in [4.78, 5) is 12.5. The van der Waals surface area contributed by atoms with Gasteiger partial charge in [-0.2, -0.15) is 4.40 Å². The first kappa shape index (κ1) is 16.7. The number of nitrogens with zero attached hydrogens (tertiary/aromatic N) is 5. The fourth-order valence-corrected chi connectivity index (χ4v) is 2.99. The Morgan fingerprint density at radius 2 is 1.70 bits per heavy atom. The highest BCUT2D eigenvalue weighted by atomic mass is 16.6. The van der Waals surface area contributed by atoms with Gasteiger partial charge in [0.15, 0.2) is 0 Å². The number of non-ortho nitro benzene ring substituents is 1. The Morgan fingerprint density at radius 3 is 2.33 bits per heavy atom. The third-order valence-electron chi connectivity index (χ3n) is 4.43. The van der Waals surface area contributed by atoms with Crippen LogP contribution in [0.15, 0.2) is 72.9 Å². The maximum atomic E-state index is 10.9. The standard InChI is InChI=1S/C20H18N5O2/c1-22(2)16-8-6-15(7-9-16)20-21-24(19-5-3-4-14-23(19)20)17-10-12-18(13-11-17)25(26)27/h3-14H,1-2H3/q+1. The molecule has 0 N–H and O–H groups in total. The van der Waals surface area contributed by atoms with E-state index in [9.17, 15) is 10.1 Å². The molecule has 0 atom stereocenters. The number of benzene rings is 2. The molecule has 0 unspecified atom stereocenters. The normalized spacial score (nSPS) is 10.9. The summed E-state index contributed by atoms with van der Waals surface area (Å²) < 4.78 is 3.80. The van der Waals surface area contributed by atoms with Gasteiger partial charge in [-0.3, -0.25) is 10.1 Å². The van der Waals surface area contributed by atoms with Crippen LogP contribution in [0.25, 0.3) is 22.7 Å². The number of pyridine rings is 1. The Labute approximate surface area is 155 Å². The van der Waals surface area contributed by atoms with Crippen LogP contribution < -0.4 is 9.30 Å². The predicted octanol–water partition coefficient (Wildman–Crippen LogP) is 3.25. The minimum atomic E-state index is -0.405. The summed E-state index contributed by atoms with van der Waals surface area (Å²) in [6.07, 6.45) is 1.96. The molecule has 134 valence electrons. The SMILES string of the molecule is CN(C)c1ccc(-c2nn(-c3ccc([N+](=O)[O-])cc3)c3cccc[n+]23)cc1. The van der Waals surface area contributed by atoms with Gasteiger partial charge in [0.05, 0.1) is 21.8 Å². The van der Waals surface area contributed by atoms with Gasteiger partial charge in [-0.15, -0.1) is 0 Å². The molecule has 0 saturated carbocycles. The summed E-state index contributed by atoms with van der Waals surface area (Å²) in [6.45, 7) is 0. The first-order valence-electron chi connectivity index (χ1n) is 8.46. The zero-order valence-corrected chi connectivity index (χ0v) is 15.0. The maximum absolute atomic E-state index is 10.9. The van der Waals surface area contributed by atoms with Crippen molar-refractivity contribution in [2.24, 2.45) is 0 Å². The predicted molar refractivity (Wildman–Crippen MR) is 103 cm³/mol. The molecule has 0 aliphatic carbocycles. The van der Waals surface area contributed by atoms with Crippen molar-refractivity contribution < 1.29 is 9.32 Å². The molecule has 0 fully saturated rings. The average Bonchev–Trinajstić information content (AvgIpc) is 3.08. The van der Waals surface area contributed by atoms with Crippen LogP contribution in [0.4, 0.5) is 11.4 Å². The largest absolute Gasteiger partial charge is 0.378 e. The van der Waals surface area contributed by atoms with E-state index >= 15 is 0 Å². The van der Waals surface area contributed by atoms with Crippen molar-refractivity contribution in [2.75, 3.05) is 19.0 Å². The van der Waals surface area contributed by atoms with Crippen molar-refractivity contribution in [3.63, 3.8) is 0 Å². The van der Waals surface area contributed by atoms with Crippen LogP contribution in [0.2, 0.25) is 0 Å². The van der Waals surface area contributed by atoms with Crippen molar-refractivity contribution in [1.82, 2.24) is 9.78 Å². The summed E-state index contributed by atoms with van der Waals surface area (Å²) in [5.74, 6) is 0.800. The number of hydrogen-bond donors (Lipinski definition) is 0. The number of nitro benzene ring substituents is 1. The summed E-state index contributed by atoms with van der Waals surface area (Å²) >= 11 is 0. The Kier molecular flexibility index (Phi) is 4.04. The first-order valence-corrected chi connectivity index (χ1v) is 8.46. The molecule has 27 heavy (non-hydrogen) atoms. The van der Waals surface area contributed by atoms with Crippen molar-refractivity contribution in [2.45, 2.75) is 0 Å². The molecule has 0 saturated heterocycles. The van der Waals surface area contributed by atoms with E-state index in [4.69, 9.17) is 5.10 Å². The molecule has 0 amide bonds. The summed E-state index contributed by atoms with van der Waals surface area (Å²) in [5.41, 5.74) is 3.80. The fourth-order valence-electron chi connectivity index (χ4n) is 2.99. The molecule has 0 aliphatic rings. The highest BCUT2D eigenvalue weighted by Crippen LogP contribution is 2.22. The number of nitro groups is 1. The summed E-state index contributed by atoms with van der Waals surface area (Å²) in [5, 5.41) is 15.7. The van der Waals surface area contributed by atoms with Gasteiger partial charge < -0.3 is 4.90 Å². The molecule has 7 heteroatoms. The van der Waals surface area contributed by atoms with Gasteiger partial charge in [-0.05, 0) is 42.5 Å². The molecule has 2 aromatic carbocycles. The van der Waals surface area contributed by atoms with Crippen molar-refractivity contribution >= 4 is 17.0 Å². The Morgan fingerprint density at radius 1 is 1.00 bits per heavy atom. The van der Waals surface area contributed by atoms with E-state index in [-0.39, 0.29) is 5.69 Å². The van der Waals surface area contributed by atoms with Gasteiger partial charge in [-0.1, -0.05) is 10.7 Å². The van der Waals surface area contributed by atoms with Gasteiger partial charge in [-0.25, -0.2) is 0 Å². The lowest BCUT2D eigenvalue weighted by atomic mass is 10.2. The summed E-state index contributed by atoms with van der Waals surface area (Å²) in [7, 11) is 4.00. The zero-order chi connectivity index (χ0) is 19.0. The highest BCUT2D eigenvalue weighted by Gasteiger charge is 2.22. The average molecular weight is 360 g/mol. The highest BCUT2D eigenvalue weighted by molar-refractivity contribution is 5.60. The van der Waals surface area contributed by atoms with Crippen LogP contribution in [0.5, 0.6) is 0 Å². The molecular weight excluding hydrogens is 342 g/mol. The topological polar surface area (TPSA) is 68.3 Å². The third-order valence-corrected chi connectivity index (χ3v) is 4.43. The number of aromatic nitrogens is 3. The molecule has 0 aliphatic heterocycles. The van der Waals surface area contributed by atoms with Crippen molar-refractivity contribution in [3.8, 4) is 17.1 Å². The second-order valence-electron chi connectivity index (χ2n) is 6.38. The second-order valence-corrected chi connectivity index (χ2v) is 6.38. The Hall–Kier alpha value is -3.74. The maximum Gasteiger partial charge on any atom is 0.314 e. The zero-order valence-electron chi connectivity index (χ0n) is 15.0. The molecule has 4 rings (SSSR count). The van der Waals surface area contributed by atoms with Gasteiger partial charge in [0.2, 0.25) is 0 Å². The lowest BCUT2D eigenvalue weighted by molar-refractivity contribution is -0.500. The molecule has 0 radical (unpaired) electrons. The molecule has 2 heterocycles. The van der Waals surface area contributed by atoms with E-state index < -0.39 is 4.92 Å². The van der Waals surface area contributed by atoms with E-state index in [2.05, 4.69) is 12.1 Å². The van der Waals surface area contributed by atoms with Crippen LogP contribution in [0, 0.1) is 10.1 Å². The monoisotopic (exact) mass is 360 g/mol. The van der Waals surface area contributed by atoms with E-state index in [1.54, 1.807) is 16.8 Å². The number of fused-ring (bicyclic) bond motifs is 1.